The van der Waals surface area contributed by atoms with Crippen molar-refractivity contribution in [1.82, 2.24) is 0 Å². The lowest BCUT2D eigenvalue weighted by Gasteiger charge is -2.24. The third-order valence-electron chi connectivity index (χ3n) is 2.44. The van der Waals surface area contributed by atoms with Gasteiger partial charge in [0.05, 0.1) is 12.7 Å². The zero-order chi connectivity index (χ0) is 13.1. The van der Waals surface area contributed by atoms with E-state index in [4.69, 9.17) is 0 Å². The Hall–Kier alpha value is -0.910. The molecule has 0 amide bonds. The van der Waals surface area contributed by atoms with E-state index in [9.17, 15) is 13.5 Å². The first-order valence-electron chi connectivity index (χ1n) is 5.33. The fourth-order valence-electron chi connectivity index (χ4n) is 1.62. The molecule has 0 aliphatic carbocycles. The molecule has 4 nitrogen and oxygen atoms in total. The first-order valence-corrected chi connectivity index (χ1v) is 6.80. The fourth-order valence-corrected chi connectivity index (χ4v) is 2.96. The summed E-state index contributed by atoms with van der Waals surface area (Å²) in [7, 11) is -2.57. The highest BCUT2D eigenvalue weighted by atomic mass is 32.2. The lowest BCUT2D eigenvalue weighted by atomic mass is 9.98. The molecule has 0 heterocycles. The number of aliphatic hydroxyl groups is 1. The van der Waals surface area contributed by atoms with Gasteiger partial charge in [0.1, 0.15) is 5.25 Å². The predicted molar refractivity (Wildman–Crippen MR) is 66.0 cm³/mol. The summed E-state index contributed by atoms with van der Waals surface area (Å²) in [6, 6.07) is 8.76. The highest BCUT2D eigenvalue weighted by Crippen LogP contribution is 2.31. The summed E-state index contributed by atoms with van der Waals surface area (Å²) in [4.78, 5) is 0. The zero-order valence-corrected chi connectivity index (χ0v) is 11.1. The molecular formula is C12H18O4S. The quantitative estimate of drug-likeness (QED) is 0.819. The highest BCUT2D eigenvalue weighted by molar-refractivity contribution is 7.87. The van der Waals surface area contributed by atoms with Crippen LogP contribution in [0.4, 0.5) is 0 Å². The van der Waals surface area contributed by atoms with Gasteiger partial charge < -0.3 is 5.11 Å². The summed E-state index contributed by atoms with van der Waals surface area (Å²) in [5.41, 5.74) is -0.456. The molecular weight excluding hydrogens is 240 g/mol. The second-order valence-corrected chi connectivity index (χ2v) is 6.46. The first-order chi connectivity index (χ1) is 7.76. The smallest absolute Gasteiger partial charge is 0.274 e. The molecule has 96 valence electrons. The van der Waals surface area contributed by atoms with Crippen LogP contribution in [0.5, 0.6) is 0 Å². The summed E-state index contributed by atoms with van der Waals surface area (Å²) >= 11 is 0. The van der Waals surface area contributed by atoms with E-state index in [1.807, 2.05) is 6.07 Å². The molecule has 17 heavy (non-hydrogen) atoms. The predicted octanol–water partition coefficient (Wildman–Crippen LogP) is 1.86. The Labute approximate surface area is 102 Å². The van der Waals surface area contributed by atoms with Crippen molar-refractivity contribution in [2.75, 3.05) is 7.11 Å². The molecule has 0 bridgehead atoms. The summed E-state index contributed by atoms with van der Waals surface area (Å²) in [5.74, 6) is 0. The van der Waals surface area contributed by atoms with Crippen molar-refractivity contribution in [3.8, 4) is 0 Å². The van der Waals surface area contributed by atoms with Gasteiger partial charge in [-0.25, -0.2) is 0 Å². The van der Waals surface area contributed by atoms with Crippen LogP contribution in [0.3, 0.4) is 0 Å². The molecule has 0 aliphatic heterocycles. The van der Waals surface area contributed by atoms with Gasteiger partial charge in [-0.05, 0) is 25.8 Å². The summed E-state index contributed by atoms with van der Waals surface area (Å²) < 4.78 is 28.2. The van der Waals surface area contributed by atoms with Gasteiger partial charge in [-0.3, -0.25) is 4.18 Å². The van der Waals surface area contributed by atoms with Crippen molar-refractivity contribution in [3.63, 3.8) is 0 Å². The van der Waals surface area contributed by atoms with E-state index in [1.54, 1.807) is 38.1 Å². The molecule has 1 atom stereocenters. The van der Waals surface area contributed by atoms with E-state index >= 15 is 0 Å². The van der Waals surface area contributed by atoms with E-state index in [2.05, 4.69) is 4.18 Å². The normalized spacial score (nSPS) is 14.6. The second kappa shape index (κ2) is 5.16. The minimum Gasteiger partial charge on any atom is -0.390 e. The standard InChI is InChI=1S/C12H18O4S/c1-12(2,13)9-11(17(14,15)16-3)10-7-5-4-6-8-10/h4-8,11,13H,9H2,1-3H3. The largest absolute Gasteiger partial charge is 0.390 e. The third kappa shape index (κ3) is 4.11. The summed E-state index contributed by atoms with van der Waals surface area (Å²) in [5, 5.41) is 8.94. The number of hydrogen-bond acceptors (Lipinski definition) is 4. The molecule has 1 unspecified atom stereocenters. The topological polar surface area (TPSA) is 63.6 Å². The summed E-state index contributed by atoms with van der Waals surface area (Å²) in [6.07, 6.45) is 0.0905. The van der Waals surface area contributed by atoms with Gasteiger partial charge in [-0.2, -0.15) is 8.42 Å². The Bertz CT molecular complexity index is 445. The van der Waals surface area contributed by atoms with Crippen LogP contribution in [-0.2, 0) is 14.3 Å². The van der Waals surface area contributed by atoms with Crippen LogP contribution in [-0.4, -0.2) is 26.2 Å². The Kier molecular flexibility index (Phi) is 4.30. The maximum atomic E-state index is 11.8. The molecule has 0 fully saturated rings. The molecule has 0 aromatic heterocycles. The van der Waals surface area contributed by atoms with E-state index < -0.39 is 21.0 Å². The van der Waals surface area contributed by atoms with E-state index in [1.165, 1.54) is 0 Å². The van der Waals surface area contributed by atoms with Crippen LogP contribution in [0.1, 0.15) is 31.1 Å². The second-order valence-electron chi connectivity index (χ2n) is 4.58. The van der Waals surface area contributed by atoms with E-state index in [0.29, 0.717) is 5.56 Å². The summed E-state index contributed by atoms with van der Waals surface area (Å²) in [6.45, 7) is 3.16. The van der Waals surface area contributed by atoms with Crippen LogP contribution in [0, 0.1) is 0 Å². The Balaban J connectivity index is 3.13. The Morgan fingerprint density at radius 3 is 2.24 bits per heavy atom. The third-order valence-corrected chi connectivity index (χ3v) is 4.04. The van der Waals surface area contributed by atoms with Crippen molar-refractivity contribution in [1.29, 1.82) is 0 Å². The van der Waals surface area contributed by atoms with Crippen LogP contribution in [0.25, 0.3) is 0 Å². The van der Waals surface area contributed by atoms with Crippen LogP contribution in [0.2, 0.25) is 0 Å². The Morgan fingerprint density at radius 2 is 1.82 bits per heavy atom. The maximum absolute atomic E-state index is 11.8. The lowest BCUT2D eigenvalue weighted by Crippen LogP contribution is -2.27. The van der Waals surface area contributed by atoms with E-state index in [0.717, 1.165) is 7.11 Å². The number of hydrogen-bond donors (Lipinski definition) is 1. The molecule has 0 saturated heterocycles. The molecule has 0 radical (unpaired) electrons. The molecule has 0 saturated carbocycles. The molecule has 5 heteroatoms. The zero-order valence-electron chi connectivity index (χ0n) is 10.3. The molecule has 1 N–H and O–H groups in total. The van der Waals surface area contributed by atoms with Crippen molar-refractivity contribution < 1.29 is 17.7 Å². The molecule has 0 spiro atoms. The van der Waals surface area contributed by atoms with Crippen LogP contribution < -0.4 is 0 Å². The molecule has 1 aromatic carbocycles. The van der Waals surface area contributed by atoms with Crippen molar-refractivity contribution >= 4 is 10.1 Å². The highest BCUT2D eigenvalue weighted by Gasteiger charge is 2.32. The van der Waals surface area contributed by atoms with Gasteiger partial charge in [0.2, 0.25) is 0 Å². The lowest BCUT2D eigenvalue weighted by molar-refractivity contribution is 0.0687. The van der Waals surface area contributed by atoms with Gasteiger partial charge in [-0.15, -0.1) is 0 Å². The van der Waals surface area contributed by atoms with Crippen LogP contribution in [0.15, 0.2) is 30.3 Å². The Morgan fingerprint density at radius 1 is 1.29 bits per heavy atom. The van der Waals surface area contributed by atoms with Gasteiger partial charge in [0.15, 0.2) is 0 Å². The molecule has 0 aliphatic rings. The van der Waals surface area contributed by atoms with Crippen LogP contribution >= 0.6 is 0 Å². The van der Waals surface area contributed by atoms with Gasteiger partial charge >= 0.3 is 0 Å². The minimum atomic E-state index is -3.71. The SMILES string of the molecule is COS(=O)(=O)C(CC(C)(C)O)c1ccccc1. The minimum absolute atomic E-state index is 0.0905. The maximum Gasteiger partial charge on any atom is 0.274 e. The van der Waals surface area contributed by atoms with Crippen molar-refractivity contribution in [3.05, 3.63) is 35.9 Å². The number of rotatable bonds is 5. The van der Waals surface area contributed by atoms with E-state index in [-0.39, 0.29) is 6.42 Å². The van der Waals surface area contributed by atoms with Crippen molar-refractivity contribution in [2.45, 2.75) is 31.1 Å². The fraction of sp³-hybridized carbons (Fsp3) is 0.500. The average molecular weight is 258 g/mol. The molecule has 1 aromatic rings. The van der Waals surface area contributed by atoms with Crippen molar-refractivity contribution in [2.24, 2.45) is 0 Å². The number of benzene rings is 1. The average Bonchev–Trinajstić information content (AvgIpc) is 2.26. The van der Waals surface area contributed by atoms with Gasteiger partial charge in [0.25, 0.3) is 10.1 Å². The first kappa shape index (κ1) is 14.2. The molecule has 1 rings (SSSR count). The van der Waals surface area contributed by atoms with Gasteiger partial charge in [0, 0.05) is 0 Å². The van der Waals surface area contributed by atoms with Gasteiger partial charge in [-0.1, -0.05) is 30.3 Å². The monoisotopic (exact) mass is 258 g/mol.